The van der Waals surface area contributed by atoms with Crippen LogP contribution in [0.15, 0.2) is 143 Å². The van der Waals surface area contributed by atoms with Gasteiger partial charge in [0.2, 0.25) is 0 Å². The molecule has 0 aliphatic rings. The Morgan fingerprint density at radius 1 is 0.875 bits per heavy atom. The summed E-state index contributed by atoms with van der Waals surface area (Å²) in [4.78, 5) is 24.7. The van der Waals surface area contributed by atoms with Gasteiger partial charge in [0.1, 0.15) is 5.69 Å². The number of amides is 1. The fourth-order valence-electron chi connectivity index (χ4n) is 5.02. The van der Waals surface area contributed by atoms with Crippen molar-refractivity contribution in [2.75, 3.05) is 17.6 Å². The van der Waals surface area contributed by atoms with Gasteiger partial charge in [0.25, 0.3) is 21.6 Å². The lowest BCUT2D eigenvalue weighted by Gasteiger charge is -2.10. The molecule has 6 aromatic rings. The second-order valence-corrected chi connectivity index (χ2v) is 13.5. The fourth-order valence-corrected chi connectivity index (χ4v) is 6.78. The molecule has 0 aliphatic carbocycles. The lowest BCUT2D eigenvalue weighted by atomic mass is 10.0. The zero-order valence-electron chi connectivity index (χ0n) is 25.4. The van der Waals surface area contributed by atoms with E-state index in [4.69, 9.17) is 5.10 Å². The van der Waals surface area contributed by atoms with Gasteiger partial charge in [-0.05, 0) is 59.3 Å². The van der Waals surface area contributed by atoms with E-state index in [0.717, 1.165) is 39.1 Å². The third kappa shape index (κ3) is 7.63. The first-order valence-electron chi connectivity index (χ1n) is 14.9. The fraction of sp³-hybridized carbons (Fsp3) is 0.0556. The van der Waals surface area contributed by atoms with Crippen LogP contribution < -0.4 is 10.0 Å². The predicted octanol–water partition coefficient (Wildman–Crippen LogP) is 7.32. The van der Waals surface area contributed by atoms with Gasteiger partial charge in [-0.25, -0.2) is 17.8 Å². The molecule has 240 valence electrons. The second kappa shape index (κ2) is 14.4. The predicted molar refractivity (Wildman–Crippen MR) is 190 cm³/mol. The van der Waals surface area contributed by atoms with E-state index in [9.17, 15) is 23.3 Å². The highest BCUT2D eigenvalue weighted by atomic mass is 32.2. The Hall–Kier alpha value is -5.72. The first-order valence-corrected chi connectivity index (χ1v) is 17.3. The first-order chi connectivity index (χ1) is 23.3. The number of rotatable bonds is 12. The van der Waals surface area contributed by atoms with Crippen LogP contribution in [0.3, 0.4) is 0 Å². The SMILES string of the molecule is O=C(/C=C\c1cn(-c2ccccc2)nc1-c1ccc2ccccc2c1)NS(=O)(=O)c1ccc(NCCSc2ccccc2)c([N+](=O)[O-])c1. The number of nitrogens with one attached hydrogen (secondary N) is 2. The molecule has 1 amide bonds. The summed E-state index contributed by atoms with van der Waals surface area (Å²) in [6.07, 6.45) is 4.35. The molecule has 0 unspecified atom stereocenters. The number of nitrogens with zero attached hydrogens (tertiary/aromatic N) is 3. The van der Waals surface area contributed by atoms with Crippen LogP contribution in [0.4, 0.5) is 11.4 Å². The largest absolute Gasteiger partial charge is 0.379 e. The van der Waals surface area contributed by atoms with Crippen LogP contribution >= 0.6 is 11.8 Å². The number of sulfonamides is 1. The van der Waals surface area contributed by atoms with Crippen LogP contribution in [0.25, 0.3) is 33.8 Å². The molecule has 5 aromatic carbocycles. The van der Waals surface area contributed by atoms with Gasteiger partial charge in [-0.2, -0.15) is 5.10 Å². The minimum atomic E-state index is -4.43. The molecule has 0 bridgehead atoms. The van der Waals surface area contributed by atoms with E-state index >= 15 is 0 Å². The number of nitro benzene ring substituents is 1. The van der Waals surface area contributed by atoms with E-state index in [2.05, 4.69) is 5.32 Å². The summed E-state index contributed by atoms with van der Waals surface area (Å²) in [5.41, 5.74) is 2.56. The molecule has 12 heteroatoms. The Labute approximate surface area is 281 Å². The van der Waals surface area contributed by atoms with Gasteiger partial charge >= 0.3 is 0 Å². The zero-order chi connectivity index (χ0) is 33.5. The Morgan fingerprint density at radius 2 is 1.58 bits per heavy atom. The molecule has 0 radical (unpaired) electrons. The van der Waals surface area contributed by atoms with Crippen molar-refractivity contribution in [2.45, 2.75) is 9.79 Å². The van der Waals surface area contributed by atoms with E-state index < -0.39 is 31.4 Å². The van der Waals surface area contributed by atoms with E-state index in [-0.39, 0.29) is 5.69 Å². The lowest BCUT2D eigenvalue weighted by molar-refractivity contribution is -0.384. The van der Waals surface area contributed by atoms with E-state index in [1.54, 1.807) is 22.6 Å². The standard InChI is InChI=1S/C36H29N5O5S2/c42-35(39-48(45,46)32-18-19-33(34(24-32)41(43)44)37-21-22-47-31-13-5-2-6-14-31)20-17-29-25-40(30-11-3-1-4-12-30)38-36(29)28-16-15-26-9-7-8-10-27(26)23-28/h1-20,23-25,37H,21-22H2,(H,39,42)/b20-17-. The van der Waals surface area contributed by atoms with Crippen LogP contribution in [-0.2, 0) is 14.8 Å². The number of carbonyl (C=O) groups is 1. The van der Waals surface area contributed by atoms with Crippen molar-refractivity contribution in [1.82, 2.24) is 14.5 Å². The summed E-state index contributed by atoms with van der Waals surface area (Å²) >= 11 is 1.58. The number of aromatic nitrogens is 2. The molecule has 0 atom stereocenters. The molecule has 0 saturated carbocycles. The number of benzene rings is 5. The average molecular weight is 676 g/mol. The van der Waals surface area contributed by atoms with Crippen molar-refractivity contribution in [3.63, 3.8) is 0 Å². The maximum atomic E-state index is 13.1. The number of anilines is 1. The van der Waals surface area contributed by atoms with Crippen LogP contribution in [0.2, 0.25) is 0 Å². The van der Waals surface area contributed by atoms with Gasteiger partial charge in [-0.3, -0.25) is 14.9 Å². The summed E-state index contributed by atoms with van der Waals surface area (Å²) in [7, 11) is -4.43. The quantitative estimate of drug-likeness (QED) is 0.0453. The summed E-state index contributed by atoms with van der Waals surface area (Å²) in [6.45, 7) is 0.413. The second-order valence-electron chi connectivity index (χ2n) is 10.6. The topological polar surface area (TPSA) is 136 Å². The van der Waals surface area contributed by atoms with E-state index in [1.807, 2.05) is 108 Å². The molecule has 48 heavy (non-hydrogen) atoms. The van der Waals surface area contributed by atoms with Gasteiger partial charge in [0.05, 0.1) is 21.2 Å². The van der Waals surface area contributed by atoms with Crippen molar-refractivity contribution < 1.29 is 18.1 Å². The van der Waals surface area contributed by atoms with Crippen molar-refractivity contribution in [1.29, 1.82) is 0 Å². The Morgan fingerprint density at radius 3 is 2.33 bits per heavy atom. The maximum Gasteiger partial charge on any atom is 0.293 e. The van der Waals surface area contributed by atoms with Crippen LogP contribution in [0, 0.1) is 10.1 Å². The van der Waals surface area contributed by atoms with Gasteiger partial charge in [-0.1, -0.05) is 72.8 Å². The number of carbonyl (C=O) groups excluding carboxylic acids is 1. The zero-order valence-corrected chi connectivity index (χ0v) is 27.0. The number of thioether (sulfide) groups is 1. The van der Waals surface area contributed by atoms with E-state index in [1.165, 1.54) is 18.2 Å². The van der Waals surface area contributed by atoms with Crippen molar-refractivity contribution in [3.8, 4) is 16.9 Å². The van der Waals surface area contributed by atoms with Crippen molar-refractivity contribution in [3.05, 3.63) is 149 Å². The monoisotopic (exact) mass is 675 g/mol. The summed E-state index contributed by atoms with van der Waals surface area (Å²) in [5, 5.41) is 21.7. The molecule has 0 fully saturated rings. The van der Waals surface area contributed by atoms with Gasteiger partial charge in [-0.15, -0.1) is 11.8 Å². The molecule has 2 N–H and O–H groups in total. The molecule has 0 spiro atoms. The van der Waals surface area contributed by atoms with Crippen molar-refractivity contribution >= 4 is 55.9 Å². The number of hydrogen-bond donors (Lipinski definition) is 2. The third-order valence-electron chi connectivity index (χ3n) is 7.34. The highest BCUT2D eigenvalue weighted by Gasteiger charge is 2.23. The van der Waals surface area contributed by atoms with Crippen LogP contribution in [-0.4, -0.2) is 41.3 Å². The Bertz CT molecular complexity index is 2240. The minimum absolute atomic E-state index is 0.176. The molecular formula is C36H29N5O5S2. The molecule has 0 aliphatic heterocycles. The maximum absolute atomic E-state index is 13.1. The van der Waals surface area contributed by atoms with Gasteiger partial charge in [0, 0.05) is 46.7 Å². The van der Waals surface area contributed by atoms with Gasteiger partial charge < -0.3 is 5.32 Å². The smallest absolute Gasteiger partial charge is 0.293 e. The molecule has 1 aromatic heterocycles. The van der Waals surface area contributed by atoms with E-state index in [0.29, 0.717) is 23.6 Å². The van der Waals surface area contributed by atoms with Crippen LogP contribution in [0.5, 0.6) is 0 Å². The normalized spacial score (nSPS) is 11.5. The average Bonchev–Trinajstić information content (AvgIpc) is 3.54. The van der Waals surface area contributed by atoms with Crippen molar-refractivity contribution in [2.24, 2.45) is 0 Å². The molecule has 10 nitrogen and oxygen atoms in total. The summed E-state index contributed by atoms with van der Waals surface area (Å²) in [5.74, 6) is -0.286. The van der Waals surface area contributed by atoms with Crippen LogP contribution in [0.1, 0.15) is 5.56 Å². The number of fused-ring (bicyclic) bond motifs is 1. The Balaban J connectivity index is 1.20. The minimum Gasteiger partial charge on any atom is -0.379 e. The highest BCUT2D eigenvalue weighted by molar-refractivity contribution is 7.99. The lowest BCUT2D eigenvalue weighted by Crippen LogP contribution is -2.29. The highest BCUT2D eigenvalue weighted by Crippen LogP contribution is 2.30. The number of nitro groups is 1. The molecule has 6 rings (SSSR count). The number of para-hydroxylation sites is 1. The third-order valence-corrected chi connectivity index (χ3v) is 9.70. The summed E-state index contributed by atoms with van der Waals surface area (Å²) < 4.78 is 29.9. The number of hydrogen-bond acceptors (Lipinski definition) is 8. The molecular weight excluding hydrogens is 647 g/mol. The molecule has 0 saturated heterocycles. The summed E-state index contributed by atoms with van der Waals surface area (Å²) in [6, 6.07) is 36.5. The molecule has 1 heterocycles. The first kappa shape index (κ1) is 32.2. The van der Waals surface area contributed by atoms with Gasteiger partial charge in [0.15, 0.2) is 0 Å². The Kier molecular flexibility index (Phi) is 9.65.